The number of rotatable bonds is 3. The summed E-state index contributed by atoms with van der Waals surface area (Å²) in [5.74, 6) is -0.235. The molecule has 106 valence electrons. The molecule has 0 saturated carbocycles. The van der Waals surface area contributed by atoms with Crippen LogP contribution in [-0.4, -0.2) is 20.7 Å². The predicted molar refractivity (Wildman–Crippen MR) is 78.9 cm³/mol. The van der Waals surface area contributed by atoms with E-state index in [9.17, 15) is 9.59 Å². The van der Waals surface area contributed by atoms with E-state index in [1.54, 1.807) is 7.05 Å². The molecule has 1 amide bonds. The van der Waals surface area contributed by atoms with E-state index in [1.165, 1.54) is 17.0 Å². The lowest BCUT2D eigenvalue weighted by Gasteiger charge is -2.07. The van der Waals surface area contributed by atoms with Crippen LogP contribution < -0.4 is 10.9 Å². The molecule has 0 atom stereocenters. The second-order valence-electron chi connectivity index (χ2n) is 4.79. The number of nitrogens with one attached hydrogen (secondary N) is 2. The van der Waals surface area contributed by atoms with Crippen molar-refractivity contribution in [2.45, 2.75) is 6.54 Å². The monoisotopic (exact) mass is 282 g/mol. The molecule has 0 saturated heterocycles. The van der Waals surface area contributed by atoms with E-state index in [-0.39, 0.29) is 11.5 Å². The molecule has 3 rings (SSSR count). The van der Waals surface area contributed by atoms with Crippen LogP contribution in [0.1, 0.15) is 15.9 Å². The van der Waals surface area contributed by atoms with Gasteiger partial charge in [-0.05, 0) is 5.56 Å². The Morgan fingerprint density at radius 2 is 2.10 bits per heavy atom. The summed E-state index contributed by atoms with van der Waals surface area (Å²) in [4.78, 5) is 24.2. The van der Waals surface area contributed by atoms with Crippen LogP contribution in [0.15, 0.2) is 47.5 Å². The Morgan fingerprint density at radius 3 is 2.86 bits per heavy atom. The maximum Gasteiger partial charge on any atom is 0.276 e. The summed E-state index contributed by atoms with van der Waals surface area (Å²) >= 11 is 0. The predicted octanol–water partition coefficient (Wildman–Crippen LogP) is 1.19. The third-order valence-corrected chi connectivity index (χ3v) is 3.33. The van der Waals surface area contributed by atoms with E-state index in [1.807, 2.05) is 30.3 Å². The molecule has 0 unspecified atom stereocenters. The molecule has 0 fully saturated rings. The zero-order valence-electron chi connectivity index (χ0n) is 11.5. The van der Waals surface area contributed by atoms with Crippen molar-refractivity contribution in [2.24, 2.45) is 7.05 Å². The van der Waals surface area contributed by atoms with E-state index < -0.39 is 0 Å². The normalized spacial score (nSPS) is 10.7. The number of amides is 1. The number of hydrogen-bond donors (Lipinski definition) is 2. The number of carbonyl (C=O) groups excluding carboxylic acids is 1. The Hall–Kier alpha value is -2.89. The first-order chi connectivity index (χ1) is 10.2. The smallest absolute Gasteiger partial charge is 0.276 e. The summed E-state index contributed by atoms with van der Waals surface area (Å²) in [6.07, 6.45) is 3.02. The van der Waals surface area contributed by atoms with Crippen LogP contribution in [0, 0.1) is 0 Å². The van der Waals surface area contributed by atoms with Gasteiger partial charge in [0.2, 0.25) is 0 Å². The van der Waals surface area contributed by atoms with Crippen LogP contribution >= 0.6 is 0 Å². The molecule has 0 radical (unpaired) electrons. The standard InChI is InChI=1S/C15H14N4O2/c1-19-9-12(11-8-17-18-13(11)15(19)21)14(20)16-7-10-5-3-2-4-6-10/h2-6,8-9H,7H2,1H3,(H,16,20)(H,17,18). The Kier molecular flexibility index (Phi) is 3.27. The van der Waals surface area contributed by atoms with Crippen LogP contribution in [0.2, 0.25) is 0 Å². The van der Waals surface area contributed by atoms with Gasteiger partial charge in [-0.3, -0.25) is 14.7 Å². The van der Waals surface area contributed by atoms with Gasteiger partial charge in [0.1, 0.15) is 5.52 Å². The number of H-pyrrole nitrogens is 1. The third-order valence-electron chi connectivity index (χ3n) is 3.33. The highest BCUT2D eigenvalue weighted by atomic mass is 16.2. The number of benzene rings is 1. The highest BCUT2D eigenvalue weighted by Gasteiger charge is 2.14. The number of pyridine rings is 1. The van der Waals surface area contributed by atoms with E-state index in [0.717, 1.165) is 5.56 Å². The minimum absolute atomic E-state index is 0.206. The fourth-order valence-corrected chi connectivity index (χ4v) is 2.21. The molecule has 6 nitrogen and oxygen atoms in total. The number of carbonyl (C=O) groups is 1. The van der Waals surface area contributed by atoms with Crippen molar-refractivity contribution in [1.82, 2.24) is 20.1 Å². The highest BCUT2D eigenvalue weighted by molar-refractivity contribution is 6.05. The molecule has 1 aromatic carbocycles. The van der Waals surface area contributed by atoms with Crippen molar-refractivity contribution in [3.8, 4) is 0 Å². The number of fused-ring (bicyclic) bond motifs is 1. The van der Waals surface area contributed by atoms with E-state index in [4.69, 9.17) is 0 Å². The number of nitrogens with zero attached hydrogens (tertiary/aromatic N) is 2. The van der Waals surface area contributed by atoms with Crippen molar-refractivity contribution in [3.63, 3.8) is 0 Å². The SMILES string of the molecule is Cn1cc(C(=O)NCc2ccccc2)c2cn[nH]c2c1=O. The minimum Gasteiger partial charge on any atom is -0.348 e. The Morgan fingerprint density at radius 1 is 1.33 bits per heavy atom. The van der Waals surface area contributed by atoms with Gasteiger partial charge in [0, 0.05) is 25.2 Å². The Bertz CT molecular complexity index is 849. The average molecular weight is 282 g/mol. The molecular weight excluding hydrogens is 268 g/mol. The second kappa shape index (κ2) is 5.24. The van der Waals surface area contributed by atoms with Gasteiger partial charge in [-0.1, -0.05) is 30.3 Å². The van der Waals surface area contributed by atoms with Gasteiger partial charge in [0.15, 0.2) is 0 Å². The zero-order valence-corrected chi connectivity index (χ0v) is 11.5. The summed E-state index contributed by atoms with van der Waals surface area (Å²) in [6, 6.07) is 9.64. The van der Waals surface area contributed by atoms with Crippen LogP contribution in [0.25, 0.3) is 10.9 Å². The molecule has 2 N–H and O–H groups in total. The van der Waals surface area contributed by atoms with Gasteiger partial charge >= 0.3 is 0 Å². The molecule has 0 spiro atoms. The van der Waals surface area contributed by atoms with Crippen molar-refractivity contribution >= 4 is 16.8 Å². The molecule has 21 heavy (non-hydrogen) atoms. The summed E-state index contributed by atoms with van der Waals surface area (Å²) in [7, 11) is 1.61. The largest absolute Gasteiger partial charge is 0.348 e. The number of aromatic nitrogens is 3. The first-order valence-corrected chi connectivity index (χ1v) is 6.51. The molecule has 0 aliphatic carbocycles. The topological polar surface area (TPSA) is 79.8 Å². The Labute approximate surface area is 120 Å². The van der Waals surface area contributed by atoms with Crippen molar-refractivity contribution in [2.75, 3.05) is 0 Å². The summed E-state index contributed by atoms with van der Waals surface area (Å²) < 4.78 is 1.37. The van der Waals surface area contributed by atoms with Gasteiger partial charge in [-0.15, -0.1) is 0 Å². The zero-order chi connectivity index (χ0) is 14.8. The van der Waals surface area contributed by atoms with Gasteiger partial charge in [0.25, 0.3) is 11.5 Å². The Balaban J connectivity index is 1.90. The third kappa shape index (κ3) is 2.43. The van der Waals surface area contributed by atoms with Crippen molar-refractivity contribution in [1.29, 1.82) is 0 Å². The van der Waals surface area contributed by atoms with E-state index >= 15 is 0 Å². The summed E-state index contributed by atoms with van der Waals surface area (Å²) in [6.45, 7) is 0.432. The maximum absolute atomic E-state index is 12.3. The molecule has 0 aliphatic rings. The second-order valence-corrected chi connectivity index (χ2v) is 4.79. The average Bonchev–Trinajstić information content (AvgIpc) is 2.99. The lowest BCUT2D eigenvalue weighted by atomic mass is 10.1. The first-order valence-electron chi connectivity index (χ1n) is 6.51. The van der Waals surface area contributed by atoms with Gasteiger partial charge < -0.3 is 9.88 Å². The molecule has 2 aromatic heterocycles. The number of aryl methyl sites for hydroxylation is 1. The fraction of sp³-hybridized carbons (Fsp3) is 0.133. The van der Waals surface area contributed by atoms with E-state index in [0.29, 0.717) is 23.0 Å². The summed E-state index contributed by atoms with van der Waals surface area (Å²) in [5, 5.41) is 9.86. The van der Waals surface area contributed by atoms with E-state index in [2.05, 4.69) is 15.5 Å². The first kappa shape index (κ1) is 13.1. The molecule has 2 heterocycles. The quantitative estimate of drug-likeness (QED) is 0.757. The van der Waals surface area contributed by atoms with Crippen molar-refractivity contribution in [3.05, 3.63) is 64.2 Å². The number of hydrogen-bond acceptors (Lipinski definition) is 3. The molecule has 0 aliphatic heterocycles. The van der Waals surface area contributed by atoms with Crippen LogP contribution in [0.5, 0.6) is 0 Å². The minimum atomic E-state index is -0.235. The molecular formula is C15H14N4O2. The van der Waals surface area contributed by atoms with Crippen molar-refractivity contribution < 1.29 is 4.79 Å². The number of aromatic amines is 1. The maximum atomic E-state index is 12.3. The lowest BCUT2D eigenvalue weighted by Crippen LogP contribution is -2.26. The molecule has 0 bridgehead atoms. The summed E-state index contributed by atoms with van der Waals surface area (Å²) in [5.41, 5.74) is 1.57. The van der Waals surface area contributed by atoms with Crippen LogP contribution in [0.4, 0.5) is 0 Å². The van der Waals surface area contributed by atoms with Gasteiger partial charge in [-0.2, -0.15) is 5.10 Å². The lowest BCUT2D eigenvalue weighted by molar-refractivity contribution is 0.0952. The highest BCUT2D eigenvalue weighted by Crippen LogP contribution is 2.12. The molecule has 3 aromatic rings. The van der Waals surface area contributed by atoms with Crippen LogP contribution in [0.3, 0.4) is 0 Å². The fourth-order valence-electron chi connectivity index (χ4n) is 2.21. The van der Waals surface area contributed by atoms with Gasteiger partial charge in [0.05, 0.1) is 11.8 Å². The van der Waals surface area contributed by atoms with Gasteiger partial charge in [-0.25, -0.2) is 0 Å². The van der Waals surface area contributed by atoms with Crippen LogP contribution in [-0.2, 0) is 13.6 Å². The molecule has 6 heteroatoms.